The summed E-state index contributed by atoms with van der Waals surface area (Å²) in [6.45, 7) is 5.72. The van der Waals surface area contributed by atoms with E-state index in [1.54, 1.807) is 0 Å². The van der Waals surface area contributed by atoms with Crippen molar-refractivity contribution in [1.82, 2.24) is 10.6 Å². The van der Waals surface area contributed by atoms with E-state index in [9.17, 15) is 4.79 Å². The normalized spacial score (nSPS) is 21.9. The number of halogens is 1. The van der Waals surface area contributed by atoms with Crippen LogP contribution in [0.1, 0.15) is 32.3 Å². The number of carbonyl (C=O) groups is 1. The predicted octanol–water partition coefficient (Wildman–Crippen LogP) is 2.73. The summed E-state index contributed by atoms with van der Waals surface area (Å²) in [7, 11) is 0. The Kier molecular flexibility index (Phi) is 4.48. The van der Waals surface area contributed by atoms with Crippen molar-refractivity contribution in [2.75, 3.05) is 6.54 Å². The first-order valence-electron chi connectivity index (χ1n) is 6.74. The Hall–Kier alpha value is -1.06. The van der Waals surface area contributed by atoms with Gasteiger partial charge in [-0.15, -0.1) is 0 Å². The SMILES string of the molecule is CC1(C)CCCNC1C(=O)NCc1cccc(Cl)c1. The van der Waals surface area contributed by atoms with E-state index in [2.05, 4.69) is 24.5 Å². The lowest BCUT2D eigenvalue weighted by atomic mass is 9.77. The fraction of sp³-hybridized carbons (Fsp3) is 0.533. The highest BCUT2D eigenvalue weighted by atomic mass is 35.5. The third-order valence-corrected chi connectivity index (χ3v) is 3.98. The summed E-state index contributed by atoms with van der Waals surface area (Å²) in [6.07, 6.45) is 2.21. The van der Waals surface area contributed by atoms with Gasteiger partial charge in [-0.3, -0.25) is 4.79 Å². The summed E-state index contributed by atoms with van der Waals surface area (Å²) < 4.78 is 0. The van der Waals surface area contributed by atoms with Crippen LogP contribution in [0.4, 0.5) is 0 Å². The van der Waals surface area contributed by atoms with E-state index in [1.807, 2.05) is 24.3 Å². The predicted molar refractivity (Wildman–Crippen MR) is 78.1 cm³/mol. The summed E-state index contributed by atoms with van der Waals surface area (Å²) >= 11 is 5.93. The van der Waals surface area contributed by atoms with Gasteiger partial charge in [0.05, 0.1) is 6.04 Å². The van der Waals surface area contributed by atoms with Gasteiger partial charge in [-0.2, -0.15) is 0 Å². The second-order valence-corrected chi connectivity index (χ2v) is 6.26. The third-order valence-electron chi connectivity index (χ3n) is 3.75. The van der Waals surface area contributed by atoms with Gasteiger partial charge in [-0.05, 0) is 42.5 Å². The van der Waals surface area contributed by atoms with Gasteiger partial charge in [0.15, 0.2) is 0 Å². The Balaban J connectivity index is 1.94. The van der Waals surface area contributed by atoms with Gasteiger partial charge in [-0.1, -0.05) is 37.6 Å². The molecule has 0 aliphatic carbocycles. The topological polar surface area (TPSA) is 41.1 Å². The molecule has 1 atom stereocenters. The molecule has 0 spiro atoms. The molecule has 2 rings (SSSR count). The zero-order valence-electron chi connectivity index (χ0n) is 11.5. The Labute approximate surface area is 119 Å². The molecule has 0 bridgehead atoms. The highest BCUT2D eigenvalue weighted by Crippen LogP contribution is 2.30. The molecule has 1 fully saturated rings. The molecule has 1 aliphatic heterocycles. The summed E-state index contributed by atoms with van der Waals surface area (Å²) in [5, 5.41) is 7.01. The standard InChI is InChI=1S/C15H21ClN2O/c1-15(2)7-4-8-17-13(15)14(19)18-10-11-5-3-6-12(16)9-11/h3,5-6,9,13,17H,4,7-8,10H2,1-2H3,(H,18,19). The van der Waals surface area contributed by atoms with Gasteiger partial charge in [0.25, 0.3) is 0 Å². The largest absolute Gasteiger partial charge is 0.351 e. The molecular formula is C15H21ClN2O. The first-order valence-corrected chi connectivity index (χ1v) is 7.12. The number of benzene rings is 1. The Morgan fingerprint density at radius 2 is 2.32 bits per heavy atom. The molecule has 1 aliphatic rings. The van der Waals surface area contributed by atoms with Crippen LogP contribution in [0, 0.1) is 5.41 Å². The maximum absolute atomic E-state index is 12.3. The third kappa shape index (κ3) is 3.71. The zero-order chi connectivity index (χ0) is 13.9. The lowest BCUT2D eigenvalue weighted by molar-refractivity contribution is -0.126. The van der Waals surface area contributed by atoms with Gasteiger partial charge in [0, 0.05) is 11.6 Å². The molecule has 2 N–H and O–H groups in total. The van der Waals surface area contributed by atoms with E-state index in [0.29, 0.717) is 11.6 Å². The van der Waals surface area contributed by atoms with Crippen LogP contribution in [0.2, 0.25) is 5.02 Å². The monoisotopic (exact) mass is 280 g/mol. The molecule has 0 saturated carbocycles. The van der Waals surface area contributed by atoms with Crippen LogP contribution < -0.4 is 10.6 Å². The molecule has 1 unspecified atom stereocenters. The van der Waals surface area contributed by atoms with Crippen molar-refractivity contribution in [3.05, 3.63) is 34.9 Å². The van der Waals surface area contributed by atoms with E-state index in [-0.39, 0.29) is 17.4 Å². The average molecular weight is 281 g/mol. The zero-order valence-corrected chi connectivity index (χ0v) is 12.3. The summed E-state index contributed by atoms with van der Waals surface area (Å²) in [6, 6.07) is 7.46. The number of piperidine rings is 1. The van der Waals surface area contributed by atoms with Gasteiger partial charge < -0.3 is 10.6 Å². The minimum absolute atomic E-state index is 0.0106. The number of hydrogen-bond acceptors (Lipinski definition) is 2. The minimum atomic E-state index is -0.111. The molecule has 104 valence electrons. The molecule has 0 aromatic heterocycles. The van der Waals surface area contributed by atoms with E-state index in [1.165, 1.54) is 0 Å². The van der Waals surface area contributed by atoms with Crippen molar-refractivity contribution in [2.24, 2.45) is 5.41 Å². The van der Waals surface area contributed by atoms with Crippen LogP contribution in [0.25, 0.3) is 0 Å². The van der Waals surface area contributed by atoms with Crippen molar-refractivity contribution >= 4 is 17.5 Å². The maximum atomic E-state index is 12.3. The Bertz CT molecular complexity index is 459. The van der Waals surface area contributed by atoms with Crippen molar-refractivity contribution in [2.45, 2.75) is 39.3 Å². The van der Waals surface area contributed by atoms with Crippen molar-refractivity contribution in [1.29, 1.82) is 0 Å². The highest BCUT2D eigenvalue weighted by molar-refractivity contribution is 6.30. The van der Waals surface area contributed by atoms with Crippen LogP contribution in [-0.4, -0.2) is 18.5 Å². The molecule has 19 heavy (non-hydrogen) atoms. The fourth-order valence-corrected chi connectivity index (χ4v) is 2.81. The van der Waals surface area contributed by atoms with E-state index >= 15 is 0 Å². The summed E-state index contributed by atoms with van der Waals surface area (Å²) in [4.78, 5) is 12.3. The van der Waals surface area contributed by atoms with Crippen molar-refractivity contribution < 1.29 is 4.79 Å². The Morgan fingerprint density at radius 1 is 1.53 bits per heavy atom. The first kappa shape index (κ1) is 14.4. The second-order valence-electron chi connectivity index (χ2n) is 5.83. The van der Waals surface area contributed by atoms with Crippen LogP contribution in [-0.2, 0) is 11.3 Å². The van der Waals surface area contributed by atoms with Crippen molar-refractivity contribution in [3.63, 3.8) is 0 Å². The van der Waals surface area contributed by atoms with Crippen LogP contribution in [0.5, 0.6) is 0 Å². The molecular weight excluding hydrogens is 260 g/mol. The lowest BCUT2D eigenvalue weighted by Gasteiger charge is -2.38. The van der Waals surface area contributed by atoms with E-state index in [4.69, 9.17) is 11.6 Å². The highest BCUT2D eigenvalue weighted by Gasteiger charge is 2.36. The van der Waals surface area contributed by atoms with Gasteiger partial charge in [0.2, 0.25) is 5.91 Å². The molecule has 1 saturated heterocycles. The Morgan fingerprint density at radius 3 is 3.00 bits per heavy atom. The van der Waals surface area contributed by atoms with Crippen LogP contribution in [0.3, 0.4) is 0 Å². The number of nitrogens with one attached hydrogen (secondary N) is 2. The van der Waals surface area contributed by atoms with E-state index < -0.39 is 0 Å². The van der Waals surface area contributed by atoms with Gasteiger partial charge >= 0.3 is 0 Å². The molecule has 1 aromatic carbocycles. The molecule has 1 aromatic rings. The average Bonchev–Trinajstić information content (AvgIpc) is 2.35. The number of rotatable bonds is 3. The van der Waals surface area contributed by atoms with E-state index in [0.717, 1.165) is 24.9 Å². The first-order chi connectivity index (χ1) is 8.99. The van der Waals surface area contributed by atoms with Gasteiger partial charge in [-0.25, -0.2) is 0 Å². The molecule has 0 radical (unpaired) electrons. The smallest absolute Gasteiger partial charge is 0.237 e. The maximum Gasteiger partial charge on any atom is 0.237 e. The minimum Gasteiger partial charge on any atom is -0.351 e. The fourth-order valence-electron chi connectivity index (χ4n) is 2.60. The molecule has 1 heterocycles. The number of carbonyl (C=O) groups excluding carboxylic acids is 1. The van der Waals surface area contributed by atoms with Crippen molar-refractivity contribution in [3.8, 4) is 0 Å². The molecule has 1 amide bonds. The molecule has 3 nitrogen and oxygen atoms in total. The second kappa shape index (κ2) is 5.93. The van der Waals surface area contributed by atoms with Gasteiger partial charge in [0.1, 0.15) is 0 Å². The number of amides is 1. The summed E-state index contributed by atoms with van der Waals surface area (Å²) in [5.41, 5.74) is 1.03. The molecule has 4 heteroatoms. The van der Waals surface area contributed by atoms with Crippen LogP contribution >= 0.6 is 11.6 Å². The van der Waals surface area contributed by atoms with Crippen LogP contribution in [0.15, 0.2) is 24.3 Å². The summed E-state index contributed by atoms with van der Waals surface area (Å²) in [5.74, 6) is 0.0738. The quantitative estimate of drug-likeness (QED) is 0.894. The lowest BCUT2D eigenvalue weighted by Crippen LogP contribution is -2.55. The number of hydrogen-bond donors (Lipinski definition) is 2.